The minimum absolute atomic E-state index is 0.131. The van der Waals surface area contributed by atoms with E-state index in [-0.39, 0.29) is 25.0 Å². The third-order valence-electron chi connectivity index (χ3n) is 7.88. The molecule has 1 fully saturated rings. The van der Waals surface area contributed by atoms with Crippen molar-refractivity contribution in [3.05, 3.63) is 47.7 Å². The van der Waals surface area contributed by atoms with Gasteiger partial charge >= 0.3 is 6.09 Å². The topological polar surface area (TPSA) is 97.2 Å². The second kappa shape index (κ2) is 13.0. The van der Waals surface area contributed by atoms with E-state index in [9.17, 15) is 4.79 Å². The molecule has 0 spiro atoms. The van der Waals surface area contributed by atoms with E-state index in [0.29, 0.717) is 38.7 Å². The van der Waals surface area contributed by atoms with Gasteiger partial charge in [0.15, 0.2) is 12.4 Å². The number of methoxy groups -OCH3 is 1. The molecule has 5 rings (SSSR count). The lowest BCUT2D eigenvalue weighted by Crippen LogP contribution is -2.57. The highest BCUT2D eigenvalue weighted by Gasteiger charge is 2.41. The minimum atomic E-state index is -1.26. The number of carbonyl (C=O) groups excluding carboxylic acids is 1. The van der Waals surface area contributed by atoms with E-state index in [2.05, 4.69) is 48.4 Å². The number of aromatic nitrogens is 3. The Balaban J connectivity index is 1.56. The molecule has 0 aliphatic carbocycles. The van der Waals surface area contributed by atoms with Crippen molar-refractivity contribution in [3.8, 4) is 17.0 Å². The molecule has 0 unspecified atom stereocenters. The number of para-hydroxylation sites is 1. The highest BCUT2D eigenvalue weighted by atomic mass is 28.3. The van der Waals surface area contributed by atoms with Crippen molar-refractivity contribution in [2.45, 2.75) is 84.2 Å². The minimum Gasteiger partial charge on any atom is -0.467 e. The number of amides is 1. The van der Waals surface area contributed by atoms with Gasteiger partial charge in [-0.1, -0.05) is 37.8 Å². The number of benzene rings is 1. The number of ether oxygens (including phenoxy) is 5. The lowest BCUT2D eigenvalue weighted by molar-refractivity contribution is -0.0511. The molecule has 2 aliphatic heterocycles. The molecule has 1 amide bonds. The van der Waals surface area contributed by atoms with Crippen LogP contribution in [0, 0.1) is 6.92 Å². The maximum Gasteiger partial charge on any atom is 0.411 e. The van der Waals surface area contributed by atoms with Gasteiger partial charge < -0.3 is 23.7 Å². The van der Waals surface area contributed by atoms with Crippen LogP contribution in [0.4, 0.5) is 4.79 Å². The summed E-state index contributed by atoms with van der Waals surface area (Å²) < 4.78 is 31.1. The summed E-state index contributed by atoms with van der Waals surface area (Å²) in [5.74, 6) is 0.681. The first-order valence-electron chi connectivity index (χ1n) is 15.3. The maximum absolute atomic E-state index is 13.2. The van der Waals surface area contributed by atoms with Gasteiger partial charge in [-0.2, -0.15) is 0 Å². The number of nitrogens with zero attached hydrogens (tertiary/aromatic N) is 4. The van der Waals surface area contributed by atoms with E-state index in [1.807, 2.05) is 49.9 Å². The molecule has 44 heavy (non-hydrogen) atoms. The average Bonchev–Trinajstić information content (AvgIpc) is 3.22. The number of rotatable bonds is 10. The summed E-state index contributed by atoms with van der Waals surface area (Å²) in [5.41, 5.74) is 5.06. The van der Waals surface area contributed by atoms with Crippen molar-refractivity contribution in [2.24, 2.45) is 0 Å². The summed E-state index contributed by atoms with van der Waals surface area (Å²) in [6, 6.07) is 10.6. The van der Waals surface area contributed by atoms with Gasteiger partial charge in [0.1, 0.15) is 18.1 Å². The first kappa shape index (κ1) is 32.1. The first-order chi connectivity index (χ1) is 20.9. The summed E-state index contributed by atoms with van der Waals surface area (Å²) >= 11 is 0. The lowest BCUT2D eigenvalue weighted by Gasteiger charge is -2.44. The summed E-state index contributed by atoms with van der Waals surface area (Å²) in [6.45, 7) is 16.9. The van der Waals surface area contributed by atoms with Crippen molar-refractivity contribution >= 4 is 30.8 Å². The molecule has 2 atom stereocenters. The fraction of sp³-hybridized carbons (Fsp3) is 0.545. The van der Waals surface area contributed by atoms with E-state index in [4.69, 9.17) is 28.8 Å². The molecule has 2 bridgehead atoms. The van der Waals surface area contributed by atoms with Crippen LogP contribution in [-0.4, -0.2) is 85.2 Å². The van der Waals surface area contributed by atoms with Crippen molar-refractivity contribution in [1.29, 1.82) is 0 Å². The standard InChI is InChI=1S/C33H46N4O6Si/c1-22-27-17-28(26-11-9-10-12-29(26)42-21-39-5)34-35-31(27)36(20-40-13-14-44(6,7)8)30(22)23-15-24-18-41-19-25(16-23)37(24)32(38)43-33(2,3)4/h9-12,15,17,24-25H,13-14,16,18-21H2,1-8H3/t24-,25+/m1/s1. The van der Waals surface area contributed by atoms with Gasteiger partial charge in [-0.05, 0) is 69.5 Å². The Morgan fingerprint density at radius 3 is 2.61 bits per heavy atom. The number of aryl methyl sites for hydroxylation is 1. The highest BCUT2D eigenvalue weighted by Crippen LogP contribution is 2.39. The zero-order valence-corrected chi connectivity index (χ0v) is 28.3. The quantitative estimate of drug-likeness (QED) is 0.144. The Bertz CT molecular complexity index is 1520. The molecule has 1 aromatic carbocycles. The molecule has 0 radical (unpaired) electrons. The predicted molar refractivity (Wildman–Crippen MR) is 173 cm³/mol. The largest absolute Gasteiger partial charge is 0.467 e. The zero-order valence-electron chi connectivity index (χ0n) is 27.3. The van der Waals surface area contributed by atoms with Crippen molar-refractivity contribution in [1.82, 2.24) is 19.7 Å². The van der Waals surface area contributed by atoms with Gasteiger partial charge in [0, 0.05) is 32.7 Å². The fourth-order valence-electron chi connectivity index (χ4n) is 5.80. The maximum atomic E-state index is 13.2. The van der Waals surface area contributed by atoms with Gasteiger partial charge in [0.05, 0.1) is 36.7 Å². The Morgan fingerprint density at radius 2 is 1.91 bits per heavy atom. The molecule has 3 aromatic rings. The zero-order chi connectivity index (χ0) is 31.6. The molecule has 0 saturated carbocycles. The number of carbonyl (C=O) groups is 1. The van der Waals surface area contributed by atoms with Crippen LogP contribution in [0.3, 0.4) is 0 Å². The van der Waals surface area contributed by atoms with Crippen molar-refractivity contribution in [2.75, 3.05) is 33.7 Å². The van der Waals surface area contributed by atoms with Gasteiger partial charge in [-0.25, -0.2) is 4.79 Å². The summed E-state index contributed by atoms with van der Waals surface area (Å²) in [5, 5.41) is 10.4. The molecule has 4 heterocycles. The van der Waals surface area contributed by atoms with E-state index in [1.165, 1.54) is 0 Å². The van der Waals surface area contributed by atoms with Crippen LogP contribution < -0.4 is 4.74 Å². The average molecular weight is 623 g/mol. The van der Waals surface area contributed by atoms with Crippen molar-refractivity contribution < 1.29 is 28.5 Å². The van der Waals surface area contributed by atoms with Crippen LogP contribution in [0.15, 0.2) is 36.4 Å². The number of hydrogen-bond donors (Lipinski definition) is 0. The molecule has 2 aromatic heterocycles. The summed E-state index contributed by atoms with van der Waals surface area (Å²) in [7, 11) is 0.339. The summed E-state index contributed by atoms with van der Waals surface area (Å²) in [6.07, 6.45) is 2.49. The van der Waals surface area contributed by atoms with Crippen LogP contribution in [-0.2, 0) is 25.7 Å². The van der Waals surface area contributed by atoms with E-state index >= 15 is 0 Å². The van der Waals surface area contributed by atoms with Gasteiger partial charge in [-0.3, -0.25) is 9.47 Å². The van der Waals surface area contributed by atoms with Crippen LogP contribution in [0.2, 0.25) is 25.7 Å². The predicted octanol–water partition coefficient (Wildman–Crippen LogP) is 6.49. The third kappa shape index (κ3) is 7.17. The van der Waals surface area contributed by atoms with Crippen LogP contribution in [0.5, 0.6) is 5.75 Å². The molecule has 2 aliphatic rings. The normalized spacial score (nSPS) is 18.8. The highest BCUT2D eigenvalue weighted by molar-refractivity contribution is 6.76. The lowest BCUT2D eigenvalue weighted by atomic mass is 9.91. The SMILES string of the molecule is COCOc1ccccc1-c1cc2c(C)c(C3=C[C@@H]4COC[C@H](C3)N4C(=O)OC(C)(C)C)n(COCC[Si](C)(C)C)c2nn1. The fourth-order valence-corrected chi connectivity index (χ4v) is 6.56. The number of hydrogen-bond acceptors (Lipinski definition) is 8. The molecule has 238 valence electrons. The van der Waals surface area contributed by atoms with Gasteiger partial charge in [0.25, 0.3) is 0 Å². The molecule has 0 N–H and O–H groups in total. The Hall–Kier alpha value is -3.25. The Kier molecular flexibility index (Phi) is 9.50. The van der Waals surface area contributed by atoms with Crippen LogP contribution in [0.25, 0.3) is 27.9 Å². The van der Waals surface area contributed by atoms with Gasteiger partial charge in [0.2, 0.25) is 0 Å². The first-order valence-corrected chi connectivity index (χ1v) is 19.0. The number of morpholine rings is 1. The van der Waals surface area contributed by atoms with Crippen LogP contribution >= 0.6 is 0 Å². The molecule has 1 saturated heterocycles. The Morgan fingerprint density at radius 1 is 1.14 bits per heavy atom. The molecular formula is C33H46N4O6Si. The van der Waals surface area contributed by atoms with Gasteiger partial charge in [-0.15, -0.1) is 10.2 Å². The van der Waals surface area contributed by atoms with E-state index in [1.54, 1.807) is 7.11 Å². The van der Waals surface area contributed by atoms with E-state index < -0.39 is 13.7 Å². The van der Waals surface area contributed by atoms with E-state index in [0.717, 1.165) is 45.2 Å². The second-order valence-electron chi connectivity index (χ2n) is 13.8. The van der Waals surface area contributed by atoms with Crippen molar-refractivity contribution in [3.63, 3.8) is 0 Å². The Labute approximate surface area is 261 Å². The molecule has 10 nitrogen and oxygen atoms in total. The second-order valence-corrected chi connectivity index (χ2v) is 19.4. The molecular weight excluding hydrogens is 576 g/mol. The third-order valence-corrected chi connectivity index (χ3v) is 9.58. The smallest absolute Gasteiger partial charge is 0.411 e. The number of fused-ring (bicyclic) bond motifs is 3. The monoisotopic (exact) mass is 622 g/mol. The summed E-state index contributed by atoms with van der Waals surface area (Å²) in [4.78, 5) is 15.1. The molecule has 11 heteroatoms. The van der Waals surface area contributed by atoms with Crippen LogP contribution in [0.1, 0.15) is 38.4 Å².